The van der Waals surface area contributed by atoms with Gasteiger partial charge in [-0.1, -0.05) is 24.3 Å². The molecule has 2 atom stereocenters. The second-order valence-corrected chi connectivity index (χ2v) is 7.59. The summed E-state index contributed by atoms with van der Waals surface area (Å²) in [5.41, 5.74) is 2.11. The lowest BCUT2D eigenvalue weighted by atomic mass is 9.58. The Morgan fingerprint density at radius 3 is 2.44 bits per heavy atom. The molecule has 142 valence electrons. The van der Waals surface area contributed by atoms with Gasteiger partial charge in [0.25, 0.3) is 5.91 Å². The molecule has 0 bridgehead atoms. The predicted octanol–water partition coefficient (Wildman–Crippen LogP) is 3.49. The van der Waals surface area contributed by atoms with Crippen LogP contribution in [0.1, 0.15) is 29.6 Å². The average Bonchev–Trinajstić information content (AvgIpc) is 2.71. The maximum absolute atomic E-state index is 13.4. The summed E-state index contributed by atoms with van der Waals surface area (Å²) >= 11 is 0. The summed E-state index contributed by atoms with van der Waals surface area (Å²) in [6.07, 6.45) is 1.98. The minimum absolute atomic E-state index is 0.00146. The van der Waals surface area contributed by atoms with Crippen LogP contribution in [-0.4, -0.2) is 48.3 Å². The Kier molecular flexibility index (Phi) is 4.74. The van der Waals surface area contributed by atoms with E-state index in [4.69, 9.17) is 4.74 Å². The zero-order valence-electron chi connectivity index (χ0n) is 15.4. The number of rotatable bonds is 3. The number of halogens is 1. The summed E-state index contributed by atoms with van der Waals surface area (Å²) in [4.78, 5) is 14.7. The topological polar surface area (TPSA) is 49.8 Å². The van der Waals surface area contributed by atoms with Gasteiger partial charge in [-0.2, -0.15) is 0 Å². The number of methoxy groups -OCH3 is 1. The molecule has 0 radical (unpaired) electrons. The molecule has 2 aliphatic rings. The fourth-order valence-electron chi connectivity index (χ4n) is 4.49. The molecule has 0 aromatic heterocycles. The van der Waals surface area contributed by atoms with E-state index < -0.39 is 0 Å². The summed E-state index contributed by atoms with van der Waals surface area (Å²) in [5, 5.41) is 10.2. The highest BCUT2D eigenvalue weighted by atomic mass is 19.1. The van der Waals surface area contributed by atoms with Crippen LogP contribution in [0.15, 0.2) is 48.5 Å². The standard InChI is InChI=1S/C22H24FNO3/c1-27-20-14-19(25)22(20)9-11-24(12-10-22)21(26)16-7-5-15(6-8-16)17-3-2-4-18(23)13-17/h2-8,13,19-20,25H,9-12,14H2,1H3/t19-,20+/m0/s1. The molecule has 4 rings (SSSR count). The molecule has 1 aliphatic carbocycles. The van der Waals surface area contributed by atoms with Gasteiger partial charge < -0.3 is 14.7 Å². The number of aliphatic hydroxyl groups is 1. The first kappa shape index (κ1) is 18.1. The number of carbonyl (C=O) groups is 1. The Labute approximate surface area is 158 Å². The van der Waals surface area contributed by atoms with Crippen molar-refractivity contribution in [2.75, 3.05) is 20.2 Å². The normalized spacial score (nSPS) is 23.9. The second-order valence-electron chi connectivity index (χ2n) is 7.59. The Balaban J connectivity index is 1.43. The Morgan fingerprint density at radius 2 is 1.85 bits per heavy atom. The van der Waals surface area contributed by atoms with Gasteiger partial charge >= 0.3 is 0 Å². The van der Waals surface area contributed by atoms with Crippen LogP contribution in [0.5, 0.6) is 0 Å². The molecule has 27 heavy (non-hydrogen) atoms. The Morgan fingerprint density at radius 1 is 1.15 bits per heavy atom. The van der Waals surface area contributed by atoms with Crippen LogP contribution in [0.4, 0.5) is 4.39 Å². The van der Waals surface area contributed by atoms with Crippen LogP contribution in [0.2, 0.25) is 0 Å². The van der Waals surface area contributed by atoms with Crippen molar-refractivity contribution in [2.24, 2.45) is 5.41 Å². The zero-order valence-corrected chi connectivity index (χ0v) is 15.4. The van der Waals surface area contributed by atoms with Gasteiger partial charge in [-0.05, 0) is 48.2 Å². The summed E-state index contributed by atoms with van der Waals surface area (Å²) in [6, 6.07) is 13.7. The number of aliphatic hydroxyl groups excluding tert-OH is 1. The molecule has 1 aliphatic heterocycles. The quantitative estimate of drug-likeness (QED) is 0.901. The molecule has 5 heteroatoms. The van der Waals surface area contributed by atoms with Crippen LogP contribution in [0.25, 0.3) is 11.1 Å². The van der Waals surface area contributed by atoms with Gasteiger partial charge in [0.2, 0.25) is 0 Å². The lowest BCUT2D eigenvalue weighted by Crippen LogP contribution is -2.62. The van der Waals surface area contributed by atoms with E-state index in [1.807, 2.05) is 23.1 Å². The number of amides is 1. The number of carbonyl (C=O) groups excluding carboxylic acids is 1. The number of likely N-dealkylation sites (tertiary alicyclic amines) is 1. The van der Waals surface area contributed by atoms with Crippen molar-refractivity contribution in [3.8, 4) is 11.1 Å². The predicted molar refractivity (Wildman–Crippen MR) is 101 cm³/mol. The van der Waals surface area contributed by atoms with Gasteiger partial charge in [0.05, 0.1) is 12.2 Å². The van der Waals surface area contributed by atoms with Gasteiger partial charge in [-0.25, -0.2) is 4.39 Å². The molecule has 1 amide bonds. The van der Waals surface area contributed by atoms with Crippen molar-refractivity contribution < 1.29 is 19.0 Å². The highest BCUT2D eigenvalue weighted by Crippen LogP contribution is 2.50. The first-order chi connectivity index (χ1) is 13.0. The number of hydrogen-bond acceptors (Lipinski definition) is 3. The van der Waals surface area contributed by atoms with E-state index in [2.05, 4.69) is 0 Å². The van der Waals surface area contributed by atoms with Crippen molar-refractivity contribution in [3.63, 3.8) is 0 Å². The van der Waals surface area contributed by atoms with E-state index in [9.17, 15) is 14.3 Å². The van der Waals surface area contributed by atoms with E-state index in [-0.39, 0.29) is 29.3 Å². The minimum atomic E-state index is -0.328. The maximum atomic E-state index is 13.4. The van der Waals surface area contributed by atoms with Crippen molar-refractivity contribution in [1.82, 2.24) is 4.90 Å². The molecule has 2 aromatic carbocycles. The molecule has 1 spiro atoms. The number of benzene rings is 2. The van der Waals surface area contributed by atoms with Gasteiger partial charge in [0, 0.05) is 37.6 Å². The largest absolute Gasteiger partial charge is 0.392 e. The third-order valence-electron chi connectivity index (χ3n) is 6.30. The van der Waals surface area contributed by atoms with Gasteiger partial charge in [-0.3, -0.25) is 4.79 Å². The fourth-order valence-corrected chi connectivity index (χ4v) is 4.49. The van der Waals surface area contributed by atoms with Crippen LogP contribution in [-0.2, 0) is 4.74 Å². The molecule has 1 heterocycles. The fraction of sp³-hybridized carbons (Fsp3) is 0.409. The monoisotopic (exact) mass is 369 g/mol. The summed E-state index contributed by atoms with van der Waals surface area (Å²) in [6.45, 7) is 1.25. The molecule has 1 saturated carbocycles. The van der Waals surface area contributed by atoms with Crippen LogP contribution < -0.4 is 0 Å². The Hall–Kier alpha value is -2.24. The summed E-state index contributed by atoms with van der Waals surface area (Å²) in [5.74, 6) is -0.277. The van der Waals surface area contributed by atoms with Crippen molar-refractivity contribution in [3.05, 3.63) is 59.9 Å². The van der Waals surface area contributed by atoms with Gasteiger partial charge in [-0.15, -0.1) is 0 Å². The van der Waals surface area contributed by atoms with E-state index in [1.165, 1.54) is 12.1 Å². The highest BCUT2D eigenvalue weighted by Gasteiger charge is 2.56. The number of hydrogen-bond donors (Lipinski definition) is 1. The molecular formula is C22H24FNO3. The van der Waals surface area contributed by atoms with E-state index in [1.54, 1.807) is 25.3 Å². The first-order valence-electron chi connectivity index (χ1n) is 9.40. The van der Waals surface area contributed by atoms with E-state index in [0.717, 1.165) is 24.0 Å². The smallest absolute Gasteiger partial charge is 0.253 e. The SMILES string of the molecule is CO[C@@H]1C[C@H](O)C12CCN(C(=O)c1ccc(-c3cccc(F)c3)cc1)CC2. The molecule has 1 saturated heterocycles. The molecule has 2 aromatic rings. The third kappa shape index (κ3) is 3.15. The first-order valence-corrected chi connectivity index (χ1v) is 9.40. The molecule has 2 fully saturated rings. The van der Waals surface area contributed by atoms with Crippen LogP contribution in [0.3, 0.4) is 0 Å². The lowest BCUT2D eigenvalue weighted by molar-refractivity contribution is -0.199. The average molecular weight is 369 g/mol. The molecule has 1 N–H and O–H groups in total. The van der Waals surface area contributed by atoms with Crippen molar-refractivity contribution >= 4 is 5.91 Å². The molecule has 4 nitrogen and oxygen atoms in total. The molecule has 0 unspecified atom stereocenters. The third-order valence-corrected chi connectivity index (χ3v) is 6.30. The van der Waals surface area contributed by atoms with Crippen LogP contribution in [0, 0.1) is 11.2 Å². The summed E-state index contributed by atoms with van der Waals surface area (Å²) in [7, 11) is 1.69. The lowest BCUT2D eigenvalue weighted by Gasteiger charge is -2.56. The van der Waals surface area contributed by atoms with Crippen LogP contribution >= 0.6 is 0 Å². The van der Waals surface area contributed by atoms with Gasteiger partial charge in [0.1, 0.15) is 5.82 Å². The highest BCUT2D eigenvalue weighted by molar-refractivity contribution is 5.94. The van der Waals surface area contributed by atoms with Crippen molar-refractivity contribution in [1.29, 1.82) is 0 Å². The molecular weight excluding hydrogens is 345 g/mol. The van der Waals surface area contributed by atoms with E-state index >= 15 is 0 Å². The zero-order chi connectivity index (χ0) is 19.0. The number of piperidine rings is 1. The van der Waals surface area contributed by atoms with Crippen molar-refractivity contribution in [2.45, 2.75) is 31.5 Å². The second kappa shape index (κ2) is 7.06. The minimum Gasteiger partial charge on any atom is -0.392 e. The Bertz CT molecular complexity index is 828. The van der Waals surface area contributed by atoms with Gasteiger partial charge in [0.15, 0.2) is 0 Å². The van der Waals surface area contributed by atoms with E-state index in [0.29, 0.717) is 25.1 Å². The number of nitrogens with zero attached hydrogens (tertiary/aromatic N) is 1. The summed E-state index contributed by atoms with van der Waals surface area (Å²) < 4.78 is 18.9. The maximum Gasteiger partial charge on any atom is 0.253 e. The number of ether oxygens (including phenoxy) is 1.